The smallest absolute Gasteiger partial charge is 0.234 e. The molecular formula is C20H24N2O3. The van der Waals surface area contributed by atoms with Crippen LogP contribution in [0.3, 0.4) is 0 Å². The van der Waals surface area contributed by atoms with Crippen molar-refractivity contribution in [1.82, 2.24) is 10.2 Å². The van der Waals surface area contributed by atoms with Gasteiger partial charge >= 0.3 is 0 Å². The zero-order chi connectivity index (χ0) is 17.5. The van der Waals surface area contributed by atoms with Crippen molar-refractivity contribution in [3.05, 3.63) is 65.7 Å². The van der Waals surface area contributed by atoms with Gasteiger partial charge in [-0.1, -0.05) is 42.5 Å². The normalized spacial score (nSPS) is 16.9. The fraction of sp³-hybridized carbons (Fsp3) is 0.350. The molecule has 0 saturated heterocycles. The summed E-state index contributed by atoms with van der Waals surface area (Å²) < 4.78 is 5.57. The summed E-state index contributed by atoms with van der Waals surface area (Å²) in [7, 11) is 0. The topological polar surface area (TPSA) is 61.8 Å². The maximum atomic E-state index is 12.2. The monoisotopic (exact) mass is 340 g/mol. The van der Waals surface area contributed by atoms with Gasteiger partial charge in [0, 0.05) is 6.54 Å². The van der Waals surface area contributed by atoms with Crippen molar-refractivity contribution in [3.63, 3.8) is 0 Å². The molecule has 1 unspecified atom stereocenters. The standard InChI is InChI=1S/C20H24N2O3/c23-15-19-18-9-5-4-6-16(18)10-12-22(19)14-20(24)21-11-13-25-17-7-2-1-3-8-17/h1-9,19,23H,10-15H2,(H,21,24). The van der Waals surface area contributed by atoms with Gasteiger partial charge in [-0.3, -0.25) is 9.69 Å². The van der Waals surface area contributed by atoms with E-state index in [0.717, 1.165) is 24.3 Å². The van der Waals surface area contributed by atoms with Gasteiger partial charge in [0.25, 0.3) is 0 Å². The van der Waals surface area contributed by atoms with E-state index < -0.39 is 0 Å². The lowest BCUT2D eigenvalue weighted by Gasteiger charge is -2.35. The van der Waals surface area contributed by atoms with Crippen LogP contribution in [0.5, 0.6) is 5.75 Å². The lowest BCUT2D eigenvalue weighted by molar-refractivity contribution is -0.123. The highest BCUT2D eigenvalue weighted by Crippen LogP contribution is 2.28. The molecule has 0 radical (unpaired) electrons. The van der Waals surface area contributed by atoms with E-state index in [9.17, 15) is 9.90 Å². The van der Waals surface area contributed by atoms with E-state index in [4.69, 9.17) is 4.74 Å². The van der Waals surface area contributed by atoms with Gasteiger partial charge in [-0.15, -0.1) is 0 Å². The molecule has 0 aromatic heterocycles. The molecule has 1 aliphatic rings. The largest absolute Gasteiger partial charge is 0.492 e. The molecule has 0 fully saturated rings. The number of amides is 1. The van der Waals surface area contributed by atoms with E-state index in [2.05, 4.69) is 11.4 Å². The third kappa shape index (κ3) is 4.59. The van der Waals surface area contributed by atoms with Gasteiger partial charge in [0.2, 0.25) is 5.91 Å². The second-order valence-electron chi connectivity index (χ2n) is 6.13. The Bertz CT molecular complexity index is 690. The molecule has 1 atom stereocenters. The van der Waals surface area contributed by atoms with Crippen LogP contribution in [0, 0.1) is 0 Å². The van der Waals surface area contributed by atoms with Crippen molar-refractivity contribution in [2.24, 2.45) is 0 Å². The lowest BCUT2D eigenvalue weighted by atomic mass is 9.93. The number of carbonyl (C=O) groups excluding carboxylic acids is 1. The second-order valence-corrected chi connectivity index (χ2v) is 6.13. The van der Waals surface area contributed by atoms with Crippen LogP contribution in [0.25, 0.3) is 0 Å². The highest BCUT2D eigenvalue weighted by molar-refractivity contribution is 5.78. The molecule has 1 amide bonds. The summed E-state index contributed by atoms with van der Waals surface area (Å²) in [6, 6.07) is 17.5. The molecular weight excluding hydrogens is 316 g/mol. The number of hydrogen-bond donors (Lipinski definition) is 2. The van der Waals surface area contributed by atoms with Gasteiger partial charge in [0.1, 0.15) is 12.4 Å². The Morgan fingerprint density at radius 2 is 1.92 bits per heavy atom. The number of fused-ring (bicyclic) bond motifs is 1. The molecule has 2 aromatic rings. The number of hydrogen-bond acceptors (Lipinski definition) is 4. The minimum atomic E-state index is -0.115. The number of aliphatic hydroxyl groups excluding tert-OH is 1. The first-order valence-electron chi connectivity index (χ1n) is 8.65. The number of ether oxygens (including phenoxy) is 1. The van der Waals surface area contributed by atoms with E-state index in [0.29, 0.717) is 13.2 Å². The zero-order valence-electron chi connectivity index (χ0n) is 14.2. The SMILES string of the molecule is O=C(CN1CCc2ccccc2C1CO)NCCOc1ccccc1. The van der Waals surface area contributed by atoms with Crippen molar-refractivity contribution in [3.8, 4) is 5.75 Å². The van der Waals surface area contributed by atoms with E-state index in [1.165, 1.54) is 5.56 Å². The fourth-order valence-corrected chi connectivity index (χ4v) is 3.22. The van der Waals surface area contributed by atoms with Gasteiger partial charge in [-0.25, -0.2) is 0 Å². The first-order chi connectivity index (χ1) is 12.3. The van der Waals surface area contributed by atoms with Gasteiger partial charge in [-0.2, -0.15) is 0 Å². The minimum absolute atomic E-state index is 0.0153. The highest BCUT2D eigenvalue weighted by Gasteiger charge is 2.27. The molecule has 0 aliphatic carbocycles. The van der Waals surface area contributed by atoms with Crippen LogP contribution in [-0.4, -0.2) is 48.8 Å². The van der Waals surface area contributed by atoms with Crippen molar-refractivity contribution in [1.29, 1.82) is 0 Å². The number of aliphatic hydroxyl groups is 1. The molecule has 25 heavy (non-hydrogen) atoms. The van der Waals surface area contributed by atoms with Crippen molar-refractivity contribution in [2.75, 3.05) is 32.8 Å². The quantitative estimate of drug-likeness (QED) is 0.754. The maximum Gasteiger partial charge on any atom is 0.234 e. The molecule has 132 valence electrons. The Kier molecular flexibility index (Phi) is 6.04. The maximum absolute atomic E-state index is 12.2. The van der Waals surface area contributed by atoms with Crippen molar-refractivity contribution >= 4 is 5.91 Å². The van der Waals surface area contributed by atoms with E-state index >= 15 is 0 Å². The Hall–Kier alpha value is -2.37. The predicted molar refractivity (Wildman–Crippen MR) is 96.5 cm³/mol. The van der Waals surface area contributed by atoms with Crippen LogP contribution >= 0.6 is 0 Å². The van der Waals surface area contributed by atoms with Crippen LogP contribution in [0.4, 0.5) is 0 Å². The number of para-hydroxylation sites is 1. The molecule has 0 spiro atoms. The summed E-state index contributed by atoms with van der Waals surface area (Å²) in [5, 5.41) is 12.6. The molecule has 5 nitrogen and oxygen atoms in total. The Balaban J connectivity index is 1.46. The Morgan fingerprint density at radius 1 is 1.16 bits per heavy atom. The van der Waals surface area contributed by atoms with Gasteiger partial charge in [0.05, 0.1) is 25.7 Å². The Labute approximate surface area is 148 Å². The third-order valence-corrected chi connectivity index (χ3v) is 4.48. The van der Waals surface area contributed by atoms with Crippen LogP contribution in [0.1, 0.15) is 17.2 Å². The molecule has 2 aromatic carbocycles. The number of rotatable bonds is 7. The molecule has 2 N–H and O–H groups in total. The summed E-state index contributed by atoms with van der Waals surface area (Å²) in [5.74, 6) is 0.749. The van der Waals surface area contributed by atoms with E-state index in [-0.39, 0.29) is 25.1 Å². The molecule has 5 heteroatoms. The van der Waals surface area contributed by atoms with Gasteiger partial charge in [-0.05, 0) is 29.7 Å². The highest BCUT2D eigenvalue weighted by atomic mass is 16.5. The second kappa shape index (κ2) is 8.65. The summed E-state index contributed by atoms with van der Waals surface area (Å²) in [4.78, 5) is 14.2. The molecule has 3 rings (SSSR count). The lowest BCUT2D eigenvalue weighted by Crippen LogP contribution is -2.44. The Morgan fingerprint density at radius 3 is 2.72 bits per heavy atom. The first-order valence-corrected chi connectivity index (χ1v) is 8.65. The zero-order valence-corrected chi connectivity index (χ0v) is 14.2. The van der Waals surface area contributed by atoms with Crippen LogP contribution in [-0.2, 0) is 11.2 Å². The van der Waals surface area contributed by atoms with Crippen LogP contribution in [0.15, 0.2) is 54.6 Å². The summed E-state index contributed by atoms with van der Waals surface area (Å²) in [5.41, 5.74) is 2.38. The number of carbonyl (C=O) groups is 1. The van der Waals surface area contributed by atoms with Crippen LogP contribution in [0.2, 0.25) is 0 Å². The number of nitrogens with zero attached hydrogens (tertiary/aromatic N) is 1. The van der Waals surface area contributed by atoms with E-state index in [1.807, 2.05) is 53.4 Å². The summed E-state index contributed by atoms with van der Waals surface area (Å²) in [6.45, 7) is 1.96. The molecule has 0 saturated carbocycles. The third-order valence-electron chi connectivity index (χ3n) is 4.48. The first kappa shape index (κ1) is 17.5. The molecule has 1 aliphatic heterocycles. The number of benzene rings is 2. The predicted octanol–water partition coefficient (Wildman–Crippen LogP) is 1.77. The molecule has 1 heterocycles. The molecule has 0 bridgehead atoms. The van der Waals surface area contributed by atoms with E-state index in [1.54, 1.807) is 0 Å². The van der Waals surface area contributed by atoms with Crippen molar-refractivity contribution in [2.45, 2.75) is 12.5 Å². The van der Waals surface area contributed by atoms with Crippen LogP contribution < -0.4 is 10.1 Å². The van der Waals surface area contributed by atoms with Gasteiger partial charge in [0.15, 0.2) is 0 Å². The van der Waals surface area contributed by atoms with Gasteiger partial charge < -0.3 is 15.2 Å². The summed E-state index contributed by atoms with van der Waals surface area (Å²) >= 11 is 0. The average molecular weight is 340 g/mol. The fourth-order valence-electron chi connectivity index (χ4n) is 3.22. The number of nitrogens with one attached hydrogen (secondary N) is 1. The van der Waals surface area contributed by atoms with Crippen molar-refractivity contribution < 1.29 is 14.6 Å². The minimum Gasteiger partial charge on any atom is -0.492 e. The summed E-state index contributed by atoms with van der Waals surface area (Å²) in [6.07, 6.45) is 0.900. The average Bonchev–Trinajstić information content (AvgIpc) is 2.66.